The number of pyridine rings is 1. The molecule has 5 heteroatoms. The van der Waals surface area contributed by atoms with Crippen molar-refractivity contribution in [2.45, 2.75) is 12.0 Å². The number of aliphatic hydroxyl groups excluding tert-OH is 2. The molecule has 5 rings (SSSR count). The number of β-amino-alcohol motifs (C(OH)–C–C–N with tert-alkyl or cyclic N) is 1. The molecule has 2 aromatic carbocycles. The van der Waals surface area contributed by atoms with Crippen molar-refractivity contribution >= 4 is 16.7 Å². The molecule has 0 bridgehead atoms. The Kier molecular flexibility index (Phi) is 3.96. The molecule has 1 spiro atoms. The van der Waals surface area contributed by atoms with Crippen LogP contribution in [0.3, 0.4) is 0 Å². The molecule has 1 saturated heterocycles. The molecule has 2 N–H and O–H groups in total. The molecular formula is C23H22N2O3. The van der Waals surface area contributed by atoms with E-state index in [1.54, 1.807) is 17.2 Å². The summed E-state index contributed by atoms with van der Waals surface area (Å²) >= 11 is 0. The molecule has 2 heterocycles. The van der Waals surface area contributed by atoms with Crippen molar-refractivity contribution in [3.8, 4) is 0 Å². The van der Waals surface area contributed by atoms with Gasteiger partial charge in [-0.2, -0.15) is 0 Å². The lowest BCUT2D eigenvalue weighted by Crippen LogP contribution is -2.30. The summed E-state index contributed by atoms with van der Waals surface area (Å²) in [7, 11) is 0. The summed E-state index contributed by atoms with van der Waals surface area (Å²) in [6.45, 7) is 0.715. The van der Waals surface area contributed by atoms with Crippen LogP contribution in [0.25, 0.3) is 10.8 Å². The van der Waals surface area contributed by atoms with Gasteiger partial charge in [-0.1, -0.05) is 54.6 Å². The molecule has 0 radical (unpaired) electrons. The van der Waals surface area contributed by atoms with Crippen LogP contribution >= 0.6 is 0 Å². The van der Waals surface area contributed by atoms with Crippen LogP contribution in [0.4, 0.5) is 0 Å². The lowest BCUT2D eigenvalue weighted by molar-refractivity contribution is 0.0758. The number of benzene rings is 2. The van der Waals surface area contributed by atoms with E-state index in [1.165, 1.54) is 0 Å². The van der Waals surface area contributed by atoms with Crippen molar-refractivity contribution in [3.63, 3.8) is 0 Å². The van der Waals surface area contributed by atoms with Crippen LogP contribution in [0.2, 0.25) is 0 Å². The van der Waals surface area contributed by atoms with Gasteiger partial charge in [0.2, 0.25) is 0 Å². The first kappa shape index (κ1) is 17.3. The number of nitrogens with zero attached hydrogens (tertiary/aromatic N) is 2. The van der Waals surface area contributed by atoms with Gasteiger partial charge < -0.3 is 15.1 Å². The summed E-state index contributed by atoms with van der Waals surface area (Å²) in [5.41, 5.74) is 1.03. The summed E-state index contributed by atoms with van der Waals surface area (Å²) in [5, 5.41) is 22.7. The number of rotatable bonds is 3. The third-order valence-corrected chi connectivity index (χ3v) is 6.53. The zero-order chi connectivity index (χ0) is 19.3. The highest BCUT2D eigenvalue weighted by Gasteiger charge is 2.71. The lowest BCUT2D eigenvalue weighted by atomic mass is 9.95. The number of aromatic nitrogens is 1. The Morgan fingerprint density at radius 1 is 1.11 bits per heavy atom. The molecule has 1 aliphatic heterocycles. The van der Waals surface area contributed by atoms with Crippen molar-refractivity contribution in [3.05, 3.63) is 78.1 Å². The van der Waals surface area contributed by atoms with Crippen LogP contribution in [-0.2, 0) is 0 Å². The molecular weight excluding hydrogens is 352 g/mol. The summed E-state index contributed by atoms with van der Waals surface area (Å²) < 4.78 is 0. The Bertz CT molecular complexity index is 1040. The fourth-order valence-corrected chi connectivity index (χ4v) is 5.09. The number of hydrogen-bond acceptors (Lipinski definition) is 4. The first-order valence-corrected chi connectivity index (χ1v) is 9.63. The fourth-order valence-electron chi connectivity index (χ4n) is 5.09. The Labute approximate surface area is 163 Å². The van der Waals surface area contributed by atoms with E-state index < -0.39 is 11.5 Å². The highest BCUT2D eigenvalue weighted by atomic mass is 16.3. The Morgan fingerprint density at radius 3 is 2.57 bits per heavy atom. The summed E-state index contributed by atoms with van der Waals surface area (Å²) in [6, 6.07) is 19.6. The molecule has 142 valence electrons. The zero-order valence-electron chi connectivity index (χ0n) is 15.4. The molecule has 1 aliphatic carbocycles. The number of aliphatic hydroxyl groups is 2. The minimum atomic E-state index is -0.653. The Hall–Kier alpha value is -2.76. The van der Waals surface area contributed by atoms with Crippen molar-refractivity contribution in [1.29, 1.82) is 0 Å². The minimum absolute atomic E-state index is 0.00682. The van der Waals surface area contributed by atoms with Gasteiger partial charge in [0.25, 0.3) is 5.91 Å². The highest BCUT2D eigenvalue weighted by Crippen LogP contribution is 2.68. The Balaban J connectivity index is 1.43. The van der Waals surface area contributed by atoms with E-state index in [0.29, 0.717) is 12.2 Å². The normalized spacial score (nSPS) is 28.8. The van der Waals surface area contributed by atoms with Crippen LogP contribution in [0, 0.1) is 11.3 Å². The third kappa shape index (κ3) is 2.47. The number of likely N-dealkylation sites (tertiary alicyclic amines) is 1. The van der Waals surface area contributed by atoms with Crippen LogP contribution < -0.4 is 0 Å². The SMILES string of the molecule is O=C(c1cc2ccccc2cn1)N1C[C@H](O)[C@@]2(C1)[C@H](CO)[C@H]2c1ccccc1. The highest BCUT2D eigenvalue weighted by molar-refractivity contribution is 5.96. The molecule has 5 nitrogen and oxygen atoms in total. The Morgan fingerprint density at radius 2 is 1.82 bits per heavy atom. The average molecular weight is 374 g/mol. The van der Waals surface area contributed by atoms with Crippen LogP contribution in [0.1, 0.15) is 22.0 Å². The van der Waals surface area contributed by atoms with E-state index in [4.69, 9.17) is 0 Å². The lowest BCUT2D eigenvalue weighted by Gasteiger charge is -2.16. The van der Waals surface area contributed by atoms with Gasteiger partial charge in [0.1, 0.15) is 5.69 Å². The average Bonchev–Trinajstić information content (AvgIpc) is 3.28. The van der Waals surface area contributed by atoms with Gasteiger partial charge in [0.15, 0.2) is 0 Å². The molecule has 2 aliphatic rings. The summed E-state index contributed by atoms with van der Waals surface area (Å²) in [4.78, 5) is 19.1. The largest absolute Gasteiger partial charge is 0.396 e. The number of carbonyl (C=O) groups excluding carboxylic acids is 1. The third-order valence-electron chi connectivity index (χ3n) is 6.53. The molecule has 1 amide bonds. The van der Waals surface area contributed by atoms with Crippen LogP contribution in [0.15, 0.2) is 66.9 Å². The van der Waals surface area contributed by atoms with Gasteiger partial charge in [-0.05, 0) is 28.9 Å². The summed E-state index contributed by atoms with van der Waals surface area (Å²) in [5.74, 6) is -0.139. The van der Waals surface area contributed by atoms with E-state index in [-0.39, 0.29) is 30.9 Å². The number of hydrogen-bond donors (Lipinski definition) is 2. The molecule has 1 saturated carbocycles. The number of amides is 1. The van der Waals surface area contributed by atoms with Crippen molar-refractivity contribution in [2.75, 3.05) is 19.7 Å². The van der Waals surface area contributed by atoms with Gasteiger partial charge in [-0.15, -0.1) is 0 Å². The van der Waals surface area contributed by atoms with Crippen molar-refractivity contribution < 1.29 is 15.0 Å². The molecule has 28 heavy (non-hydrogen) atoms. The van der Waals surface area contributed by atoms with E-state index >= 15 is 0 Å². The molecule has 2 fully saturated rings. The predicted octanol–water partition coefficient (Wildman–Crippen LogP) is 2.44. The monoisotopic (exact) mass is 374 g/mol. The molecule has 0 unspecified atom stereocenters. The van der Waals surface area contributed by atoms with Gasteiger partial charge >= 0.3 is 0 Å². The molecule has 3 aromatic rings. The first-order chi connectivity index (χ1) is 13.6. The maximum atomic E-state index is 13.1. The predicted molar refractivity (Wildman–Crippen MR) is 106 cm³/mol. The first-order valence-electron chi connectivity index (χ1n) is 9.63. The smallest absolute Gasteiger partial charge is 0.272 e. The topological polar surface area (TPSA) is 73.7 Å². The fraction of sp³-hybridized carbons (Fsp3) is 0.304. The number of carbonyl (C=O) groups is 1. The maximum absolute atomic E-state index is 13.1. The standard InChI is InChI=1S/C23H22N2O3/c26-13-18-21(15-6-2-1-3-7-15)23(18)14-25(12-20(23)27)22(28)19-10-16-8-4-5-9-17(16)11-24-19/h1-11,18,20-21,26-27H,12-14H2/t18-,20+,21-,23-/m1/s1. The van der Waals surface area contributed by atoms with Gasteiger partial charge in [-0.3, -0.25) is 9.78 Å². The van der Waals surface area contributed by atoms with Gasteiger partial charge in [0, 0.05) is 36.7 Å². The van der Waals surface area contributed by atoms with Gasteiger partial charge in [0.05, 0.1) is 6.10 Å². The van der Waals surface area contributed by atoms with E-state index in [0.717, 1.165) is 16.3 Å². The van der Waals surface area contributed by atoms with Crippen LogP contribution in [0.5, 0.6) is 0 Å². The summed E-state index contributed by atoms with van der Waals surface area (Å²) in [6.07, 6.45) is 1.06. The molecule has 1 aromatic heterocycles. The van der Waals surface area contributed by atoms with Crippen molar-refractivity contribution in [2.24, 2.45) is 11.3 Å². The minimum Gasteiger partial charge on any atom is -0.396 e. The van der Waals surface area contributed by atoms with E-state index in [2.05, 4.69) is 4.98 Å². The zero-order valence-corrected chi connectivity index (χ0v) is 15.4. The second-order valence-corrected chi connectivity index (χ2v) is 7.91. The van der Waals surface area contributed by atoms with Crippen LogP contribution in [-0.4, -0.2) is 51.8 Å². The second kappa shape index (κ2) is 6.40. The quantitative estimate of drug-likeness (QED) is 0.739. The number of fused-ring (bicyclic) bond motifs is 1. The second-order valence-electron chi connectivity index (χ2n) is 7.91. The maximum Gasteiger partial charge on any atom is 0.272 e. The van der Waals surface area contributed by atoms with E-state index in [1.807, 2.05) is 54.6 Å². The van der Waals surface area contributed by atoms with E-state index in [9.17, 15) is 15.0 Å². The van der Waals surface area contributed by atoms with Crippen molar-refractivity contribution in [1.82, 2.24) is 9.88 Å². The van der Waals surface area contributed by atoms with Gasteiger partial charge in [-0.25, -0.2) is 0 Å². The molecule has 4 atom stereocenters.